The average molecular weight is 425 g/mol. The molecule has 1 heterocycles. The van der Waals surface area contributed by atoms with Gasteiger partial charge in [-0.3, -0.25) is 14.5 Å². The molecule has 2 N–H and O–H groups in total. The fourth-order valence-corrected chi connectivity index (χ4v) is 3.78. The summed E-state index contributed by atoms with van der Waals surface area (Å²) in [6, 6.07) is 11.9. The van der Waals surface area contributed by atoms with Crippen LogP contribution < -0.4 is 20.3 Å². The Kier molecular flexibility index (Phi) is 7.52. The number of ether oxygens (including phenoxy) is 1. The summed E-state index contributed by atoms with van der Waals surface area (Å²) in [4.78, 5) is 29.1. The van der Waals surface area contributed by atoms with Gasteiger partial charge in [0.25, 0.3) is 0 Å². The van der Waals surface area contributed by atoms with E-state index in [1.54, 1.807) is 13.2 Å². The molecule has 0 unspecified atom stereocenters. The quantitative estimate of drug-likeness (QED) is 0.715. The molecule has 0 radical (unpaired) electrons. The van der Waals surface area contributed by atoms with Crippen LogP contribution in [0.25, 0.3) is 0 Å². The summed E-state index contributed by atoms with van der Waals surface area (Å²) in [5, 5.41) is 5.51. The predicted molar refractivity (Wildman–Crippen MR) is 124 cm³/mol. The van der Waals surface area contributed by atoms with Crippen molar-refractivity contribution >= 4 is 23.2 Å². The lowest BCUT2D eigenvalue weighted by Crippen LogP contribution is -2.50. The van der Waals surface area contributed by atoms with Crippen molar-refractivity contribution in [2.24, 2.45) is 0 Å². The van der Waals surface area contributed by atoms with E-state index in [-0.39, 0.29) is 18.4 Å². The maximum atomic E-state index is 12.3. The molecule has 0 aromatic heterocycles. The first-order valence-corrected chi connectivity index (χ1v) is 10.6. The second kappa shape index (κ2) is 10.3. The maximum Gasteiger partial charge on any atom is 0.243 e. The van der Waals surface area contributed by atoms with Crippen LogP contribution in [0.3, 0.4) is 0 Å². The molecule has 7 heteroatoms. The molecular formula is C24H32N4O3. The van der Waals surface area contributed by atoms with Crippen LogP contribution in [0, 0.1) is 20.8 Å². The second-order valence-electron chi connectivity index (χ2n) is 8.01. The number of carbonyl (C=O) groups excluding carboxylic acids is 2. The monoisotopic (exact) mass is 424 g/mol. The van der Waals surface area contributed by atoms with Crippen molar-refractivity contribution in [1.82, 2.24) is 10.2 Å². The van der Waals surface area contributed by atoms with E-state index in [9.17, 15) is 9.59 Å². The number of nitrogens with one attached hydrogen (secondary N) is 2. The highest BCUT2D eigenvalue weighted by atomic mass is 16.5. The van der Waals surface area contributed by atoms with Gasteiger partial charge in [0.05, 0.1) is 25.9 Å². The summed E-state index contributed by atoms with van der Waals surface area (Å²) in [5.41, 5.74) is 5.49. The molecule has 0 saturated carbocycles. The highest BCUT2D eigenvalue weighted by Gasteiger charge is 2.20. The van der Waals surface area contributed by atoms with Gasteiger partial charge in [0.1, 0.15) is 5.75 Å². The van der Waals surface area contributed by atoms with Gasteiger partial charge in [0.15, 0.2) is 0 Å². The van der Waals surface area contributed by atoms with E-state index in [1.165, 1.54) is 16.8 Å². The highest BCUT2D eigenvalue weighted by Crippen LogP contribution is 2.25. The van der Waals surface area contributed by atoms with Gasteiger partial charge < -0.3 is 20.3 Å². The lowest BCUT2D eigenvalue weighted by Gasteiger charge is -2.36. The molecule has 1 saturated heterocycles. The zero-order valence-electron chi connectivity index (χ0n) is 18.8. The summed E-state index contributed by atoms with van der Waals surface area (Å²) < 4.78 is 5.27. The number of benzene rings is 2. The van der Waals surface area contributed by atoms with Gasteiger partial charge in [0.2, 0.25) is 11.8 Å². The Bertz CT molecular complexity index is 936. The smallest absolute Gasteiger partial charge is 0.243 e. The number of rotatable bonds is 7. The maximum absolute atomic E-state index is 12.3. The highest BCUT2D eigenvalue weighted by molar-refractivity contribution is 5.96. The predicted octanol–water partition coefficient (Wildman–Crippen LogP) is 2.50. The molecule has 2 aromatic carbocycles. The van der Waals surface area contributed by atoms with E-state index < -0.39 is 0 Å². The molecule has 0 atom stereocenters. The van der Waals surface area contributed by atoms with E-state index in [1.807, 2.05) is 19.1 Å². The normalized spacial score (nSPS) is 14.3. The topological polar surface area (TPSA) is 73.9 Å². The lowest BCUT2D eigenvalue weighted by molar-refractivity contribution is -0.125. The van der Waals surface area contributed by atoms with Crippen molar-refractivity contribution in [2.45, 2.75) is 20.8 Å². The first-order chi connectivity index (χ1) is 14.9. The summed E-state index contributed by atoms with van der Waals surface area (Å²) in [6.45, 7) is 9.83. The summed E-state index contributed by atoms with van der Waals surface area (Å²) in [5.74, 6) is 0.163. The van der Waals surface area contributed by atoms with Crippen molar-refractivity contribution in [3.63, 3.8) is 0 Å². The minimum absolute atomic E-state index is 0.0711. The Labute approximate surface area is 184 Å². The Balaban J connectivity index is 1.43. The third kappa shape index (κ3) is 5.98. The minimum atomic E-state index is -0.281. The van der Waals surface area contributed by atoms with Gasteiger partial charge in [-0.1, -0.05) is 18.2 Å². The molecule has 2 aromatic rings. The Morgan fingerprint density at radius 2 is 1.74 bits per heavy atom. The summed E-state index contributed by atoms with van der Waals surface area (Å²) >= 11 is 0. The largest absolute Gasteiger partial charge is 0.495 e. The molecule has 1 fully saturated rings. The molecule has 1 aliphatic rings. The van der Waals surface area contributed by atoms with E-state index in [4.69, 9.17) is 4.74 Å². The van der Waals surface area contributed by atoms with Gasteiger partial charge >= 0.3 is 0 Å². The third-order valence-corrected chi connectivity index (χ3v) is 5.73. The van der Waals surface area contributed by atoms with Crippen molar-refractivity contribution < 1.29 is 14.3 Å². The number of nitrogens with zero attached hydrogens (tertiary/aromatic N) is 2. The molecule has 166 valence electrons. The zero-order chi connectivity index (χ0) is 22.4. The van der Waals surface area contributed by atoms with Gasteiger partial charge in [-0.05, 0) is 55.7 Å². The number of hydrogen-bond acceptors (Lipinski definition) is 5. The lowest BCUT2D eigenvalue weighted by atomic mass is 10.1. The molecule has 1 aliphatic heterocycles. The van der Waals surface area contributed by atoms with Crippen molar-refractivity contribution in [1.29, 1.82) is 0 Å². The number of anilines is 2. The van der Waals surface area contributed by atoms with Gasteiger partial charge in [0, 0.05) is 31.9 Å². The van der Waals surface area contributed by atoms with Crippen LogP contribution in [0.5, 0.6) is 5.75 Å². The molecule has 0 spiro atoms. The molecule has 0 bridgehead atoms. The van der Waals surface area contributed by atoms with Crippen LogP contribution in [0.1, 0.15) is 16.7 Å². The van der Waals surface area contributed by atoms with Gasteiger partial charge in [-0.25, -0.2) is 0 Å². The van der Waals surface area contributed by atoms with E-state index in [2.05, 4.69) is 52.5 Å². The fourth-order valence-electron chi connectivity index (χ4n) is 3.78. The Morgan fingerprint density at radius 3 is 2.45 bits per heavy atom. The van der Waals surface area contributed by atoms with E-state index in [0.29, 0.717) is 18.0 Å². The number of aryl methyl sites for hydroxylation is 2. The van der Waals surface area contributed by atoms with Crippen LogP contribution in [-0.2, 0) is 9.59 Å². The van der Waals surface area contributed by atoms with E-state index in [0.717, 1.165) is 31.7 Å². The summed E-state index contributed by atoms with van der Waals surface area (Å²) in [6.07, 6.45) is 0. The average Bonchev–Trinajstić information content (AvgIpc) is 2.75. The van der Waals surface area contributed by atoms with Gasteiger partial charge in [-0.15, -0.1) is 0 Å². The molecule has 31 heavy (non-hydrogen) atoms. The van der Waals surface area contributed by atoms with Crippen LogP contribution in [-0.4, -0.2) is 63.1 Å². The first kappa shape index (κ1) is 22.6. The van der Waals surface area contributed by atoms with E-state index >= 15 is 0 Å². The number of amides is 2. The van der Waals surface area contributed by atoms with Crippen LogP contribution in [0.4, 0.5) is 11.4 Å². The Morgan fingerprint density at radius 1 is 1.00 bits per heavy atom. The molecular weight excluding hydrogens is 392 g/mol. The first-order valence-electron chi connectivity index (χ1n) is 10.6. The van der Waals surface area contributed by atoms with Gasteiger partial charge in [-0.2, -0.15) is 0 Å². The Hall–Kier alpha value is -3.06. The number of piperazine rings is 1. The standard InChI is InChI=1S/C24H32N4O3/c1-17-8-9-22(31-4)20(14-17)26-23(29)15-25-24(30)16-27-10-12-28(13-11-27)21-7-5-6-18(2)19(21)3/h5-9,14H,10-13,15-16H2,1-4H3,(H,25,30)(H,26,29). The molecule has 7 nitrogen and oxygen atoms in total. The second-order valence-corrected chi connectivity index (χ2v) is 8.01. The number of methoxy groups -OCH3 is 1. The molecule has 0 aliphatic carbocycles. The minimum Gasteiger partial charge on any atom is -0.495 e. The SMILES string of the molecule is COc1ccc(C)cc1NC(=O)CNC(=O)CN1CCN(c2cccc(C)c2C)CC1. The third-order valence-electron chi connectivity index (χ3n) is 5.73. The van der Waals surface area contributed by atoms with Crippen LogP contribution in [0.2, 0.25) is 0 Å². The van der Waals surface area contributed by atoms with Crippen LogP contribution in [0.15, 0.2) is 36.4 Å². The van der Waals surface area contributed by atoms with Crippen molar-refractivity contribution in [2.75, 3.05) is 56.6 Å². The zero-order valence-corrected chi connectivity index (χ0v) is 18.8. The van der Waals surface area contributed by atoms with Crippen molar-refractivity contribution in [3.8, 4) is 5.75 Å². The fraction of sp³-hybridized carbons (Fsp3) is 0.417. The number of carbonyl (C=O) groups is 2. The summed E-state index contributed by atoms with van der Waals surface area (Å²) in [7, 11) is 1.56. The molecule has 2 amide bonds. The number of hydrogen-bond donors (Lipinski definition) is 2. The van der Waals surface area contributed by atoms with Crippen molar-refractivity contribution in [3.05, 3.63) is 53.1 Å². The van der Waals surface area contributed by atoms with Crippen LogP contribution >= 0.6 is 0 Å². The molecule has 3 rings (SSSR count).